The Kier molecular flexibility index (Phi) is 4.64. The highest BCUT2D eigenvalue weighted by atomic mass is 19.2. The molecule has 1 aliphatic rings. The van der Waals surface area contributed by atoms with Gasteiger partial charge in [0.05, 0.1) is 5.69 Å². The summed E-state index contributed by atoms with van der Waals surface area (Å²) in [6.45, 7) is 0.533. The Labute approximate surface area is 158 Å². The lowest BCUT2D eigenvalue weighted by molar-refractivity contribution is 0.232. The van der Waals surface area contributed by atoms with Crippen molar-refractivity contribution in [3.8, 4) is 11.4 Å². The summed E-state index contributed by atoms with van der Waals surface area (Å²) in [7, 11) is 0. The fourth-order valence-corrected chi connectivity index (χ4v) is 3.34. The van der Waals surface area contributed by atoms with Crippen LogP contribution in [0.2, 0.25) is 0 Å². The fourth-order valence-electron chi connectivity index (χ4n) is 3.34. The topological polar surface area (TPSA) is 75.0 Å². The summed E-state index contributed by atoms with van der Waals surface area (Å²) in [5.41, 5.74) is 7.51. The first kappa shape index (κ1) is 18.2. The van der Waals surface area contributed by atoms with Crippen LogP contribution in [0.25, 0.3) is 11.4 Å². The average molecular weight is 386 g/mol. The molecule has 0 spiro atoms. The van der Waals surface area contributed by atoms with Crippen LogP contribution in [0.3, 0.4) is 0 Å². The van der Waals surface area contributed by atoms with Crippen molar-refractivity contribution in [2.75, 3.05) is 12.3 Å². The minimum atomic E-state index is -1.19. The van der Waals surface area contributed by atoms with Gasteiger partial charge in [0.25, 0.3) is 5.56 Å². The van der Waals surface area contributed by atoms with E-state index < -0.39 is 17.5 Å². The van der Waals surface area contributed by atoms with E-state index in [0.29, 0.717) is 41.3 Å². The zero-order chi connectivity index (χ0) is 19.8. The predicted molar refractivity (Wildman–Crippen MR) is 98.8 cm³/mol. The third kappa shape index (κ3) is 3.38. The minimum Gasteiger partial charge on any atom is -0.399 e. The average Bonchev–Trinajstić information content (AvgIpc) is 2.68. The summed E-state index contributed by atoms with van der Waals surface area (Å²) in [5.74, 6) is -2.68. The Morgan fingerprint density at radius 1 is 1.07 bits per heavy atom. The molecule has 0 saturated carbocycles. The van der Waals surface area contributed by atoms with Crippen LogP contribution in [0.5, 0.6) is 0 Å². The first-order valence-electron chi connectivity index (χ1n) is 8.75. The summed E-state index contributed by atoms with van der Waals surface area (Å²) >= 11 is 0. The Balaban J connectivity index is 1.64. The number of hydrogen-bond donors (Lipinski definition) is 2. The van der Waals surface area contributed by atoms with Crippen molar-refractivity contribution in [3.05, 3.63) is 81.0 Å². The van der Waals surface area contributed by atoms with E-state index >= 15 is 0 Å². The normalized spacial score (nSPS) is 14.1. The maximum atomic E-state index is 14.0. The molecule has 1 aromatic heterocycles. The minimum absolute atomic E-state index is 0.111. The van der Waals surface area contributed by atoms with Crippen molar-refractivity contribution in [3.63, 3.8) is 0 Å². The molecular weight excluding hydrogens is 369 g/mol. The van der Waals surface area contributed by atoms with Gasteiger partial charge in [-0.2, -0.15) is 0 Å². The molecule has 5 nitrogen and oxygen atoms in total. The zero-order valence-electron chi connectivity index (χ0n) is 14.8. The molecule has 144 valence electrons. The van der Waals surface area contributed by atoms with E-state index in [1.54, 1.807) is 29.2 Å². The van der Waals surface area contributed by atoms with E-state index in [1.165, 1.54) is 0 Å². The lowest BCUT2D eigenvalue weighted by atomic mass is 10.0. The van der Waals surface area contributed by atoms with Crippen molar-refractivity contribution in [1.29, 1.82) is 0 Å². The van der Waals surface area contributed by atoms with E-state index in [2.05, 4.69) is 9.97 Å². The Bertz CT molecular complexity index is 1100. The second-order valence-electron chi connectivity index (χ2n) is 6.74. The van der Waals surface area contributed by atoms with Crippen LogP contribution in [-0.2, 0) is 19.5 Å². The smallest absolute Gasteiger partial charge is 0.254 e. The van der Waals surface area contributed by atoms with Gasteiger partial charge in [0.2, 0.25) is 0 Å². The molecule has 8 heteroatoms. The molecule has 3 N–H and O–H groups in total. The maximum absolute atomic E-state index is 14.0. The number of nitrogens with one attached hydrogen (secondary N) is 1. The summed E-state index contributed by atoms with van der Waals surface area (Å²) in [6, 6.07) is 8.58. The molecule has 28 heavy (non-hydrogen) atoms. The van der Waals surface area contributed by atoms with E-state index in [1.807, 2.05) is 0 Å². The van der Waals surface area contributed by atoms with Gasteiger partial charge in [0.1, 0.15) is 11.6 Å². The van der Waals surface area contributed by atoms with Crippen molar-refractivity contribution in [1.82, 2.24) is 14.9 Å². The molecule has 4 rings (SSSR count). The number of nitrogens with two attached hydrogens (primary N) is 1. The Morgan fingerprint density at radius 3 is 2.54 bits per heavy atom. The van der Waals surface area contributed by atoms with Crippen molar-refractivity contribution >= 4 is 5.69 Å². The zero-order valence-corrected chi connectivity index (χ0v) is 14.8. The largest absolute Gasteiger partial charge is 0.399 e. The molecular formula is C20H17F3N4O. The van der Waals surface area contributed by atoms with Gasteiger partial charge >= 0.3 is 0 Å². The van der Waals surface area contributed by atoms with Gasteiger partial charge in [-0.05, 0) is 42.8 Å². The van der Waals surface area contributed by atoms with E-state index in [-0.39, 0.29) is 24.2 Å². The van der Waals surface area contributed by atoms with Crippen molar-refractivity contribution in [2.24, 2.45) is 0 Å². The number of H-pyrrole nitrogens is 1. The standard InChI is InChI=1S/C20H17F3N4O/c21-15-5-6-16(22)18(23)14(15)9-27-8-7-13-17(10-27)25-19(26-20(13)28)11-1-3-12(24)4-2-11/h1-6H,7-10,24H2,(H,25,26,28). The van der Waals surface area contributed by atoms with Crippen LogP contribution in [0, 0.1) is 17.5 Å². The Morgan fingerprint density at radius 2 is 1.79 bits per heavy atom. The summed E-state index contributed by atoms with van der Waals surface area (Å²) in [6.07, 6.45) is 0.387. The highest BCUT2D eigenvalue weighted by Gasteiger charge is 2.24. The lowest BCUT2D eigenvalue weighted by Gasteiger charge is -2.28. The molecule has 1 aliphatic heterocycles. The number of nitrogens with zero attached hydrogens (tertiary/aromatic N) is 2. The highest BCUT2D eigenvalue weighted by Crippen LogP contribution is 2.23. The van der Waals surface area contributed by atoms with Gasteiger partial charge in [-0.1, -0.05) is 0 Å². The first-order chi connectivity index (χ1) is 13.4. The molecule has 2 heterocycles. The number of aromatic amines is 1. The van der Waals surface area contributed by atoms with Crippen LogP contribution in [-0.4, -0.2) is 21.4 Å². The van der Waals surface area contributed by atoms with Crippen LogP contribution in [0.15, 0.2) is 41.2 Å². The number of halogens is 3. The lowest BCUT2D eigenvalue weighted by Crippen LogP contribution is -2.35. The first-order valence-corrected chi connectivity index (χ1v) is 8.75. The number of fused-ring (bicyclic) bond motifs is 1. The van der Waals surface area contributed by atoms with Crippen molar-refractivity contribution < 1.29 is 13.2 Å². The van der Waals surface area contributed by atoms with E-state index in [4.69, 9.17) is 5.73 Å². The van der Waals surface area contributed by atoms with Gasteiger partial charge in [0, 0.05) is 42.0 Å². The number of nitrogen functional groups attached to an aromatic ring is 1. The fraction of sp³-hybridized carbons (Fsp3) is 0.200. The Hall–Kier alpha value is -3.13. The molecule has 0 fully saturated rings. The molecule has 0 amide bonds. The second-order valence-corrected chi connectivity index (χ2v) is 6.74. The third-order valence-corrected chi connectivity index (χ3v) is 4.86. The molecule has 0 saturated heterocycles. The summed E-state index contributed by atoms with van der Waals surface area (Å²) in [4.78, 5) is 21.5. The van der Waals surface area contributed by atoms with Gasteiger partial charge in [-0.15, -0.1) is 0 Å². The molecule has 0 bridgehead atoms. The monoisotopic (exact) mass is 386 g/mol. The van der Waals surface area contributed by atoms with Gasteiger partial charge in [-0.25, -0.2) is 18.2 Å². The predicted octanol–water partition coefficient (Wildman–Crippen LogP) is 2.99. The van der Waals surface area contributed by atoms with Crippen LogP contribution in [0.1, 0.15) is 16.8 Å². The molecule has 3 aromatic rings. The number of aromatic nitrogens is 2. The van der Waals surface area contributed by atoms with E-state index in [0.717, 1.165) is 12.1 Å². The maximum Gasteiger partial charge on any atom is 0.254 e. The number of anilines is 1. The van der Waals surface area contributed by atoms with Crippen molar-refractivity contribution in [2.45, 2.75) is 19.5 Å². The summed E-state index contributed by atoms with van der Waals surface area (Å²) < 4.78 is 41.4. The number of hydrogen-bond acceptors (Lipinski definition) is 4. The highest BCUT2D eigenvalue weighted by molar-refractivity contribution is 5.58. The van der Waals surface area contributed by atoms with Crippen LogP contribution >= 0.6 is 0 Å². The van der Waals surface area contributed by atoms with Gasteiger partial charge in [-0.3, -0.25) is 9.69 Å². The molecule has 2 aromatic carbocycles. The molecule has 0 radical (unpaired) electrons. The third-order valence-electron chi connectivity index (χ3n) is 4.86. The summed E-state index contributed by atoms with van der Waals surface area (Å²) in [5, 5.41) is 0. The van der Waals surface area contributed by atoms with E-state index in [9.17, 15) is 18.0 Å². The van der Waals surface area contributed by atoms with Crippen LogP contribution in [0.4, 0.5) is 18.9 Å². The second kappa shape index (κ2) is 7.12. The molecule has 0 aliphatic carbocycles. The number of benzene rings is 2. The number of rotatable bonds is 3. The van der Waals surface area contributed by atoms with Gasteiger partial charge < -0.3 is 10.7 Å². The quantitative estimate of drug-likeness (QED) is 0.536. The van der Waals surface area contributed by atoms with Gasteiger partial charge in [0.15, 0.2) is 11.6 Å². The SMILES string of the molecule is Nc1ccc(-c2nc3c(c(=O)[nH]2)CCN(Cc2c(F)ccc(F)c2F)C3)cc1. The van der Waals surface area contributed by atoms with Crippen LogP contribution < -0.4 is 11.3 Å². The molecule has 0 atom stereocenters. The molecule has 0 unspecified atom stereocenters.